The second-order valence-electron chi connectivity index (χ2n) is 13.5. The van der Waals surface area contributed by atoms with Crippen LogP contribution in [0.2, 0.25) is 0 Å². The summed E-state index contributed by atoms with van der Waals surface area (Å²) in [4.78, 5) is 2.32. The number of hydrogen-bond acceptors (Lipinski definition) is 1. The third kappa shape index (κ3) is 5.65. The number of para-hydroxylation sites is 3. The monoisotopic (exact) mass is 666 g/mol. The molecular weight excluding hydrogens is 629 g/mol. The molecule has 8 aromatic carbocycles. The van der Waals surface area contributed by atoms with Gasteiger partial charge < -0.3 is 9.47 Å². The van der Waals surface area contributed by atoms with Crippen LogP contribution in [0, 0.1) is 13.8 Å². The van der Waals surface area contributed by atoms with Crippen LogP contribution in [-0.2, 0) is 0 Å². The number of aromatic nitrogens is 1. The highest BCUT2D eigenvalue weighted by atomic mass is 15.1. The van der Waals surface area contributed by atoms with Crippen molar-refractivity contribution in [1.29, 1.82) is 0 Å². The smallest absolute Gasteiger partial charge is 0.0541 e. The minimum Gasteiger partial charge on any atom is -0.311 e. The van der Waals surface area contributed by atoms with Gasteiger partial charge >= 0.3 is 0 Å². The first-order chi connectivity index (χ1) is 25.6. The average Bonchev–Trinajstić information content (AvgIpc) is 3.54. The van der Waals surface area contributed by atoms with Crippen LogP contribution < -0.4 is 4.90 Å². The van der Waals surface area contributed by atoms with Crippen molar-refractivity contribution in [1.82, 2.24) is 4.57 Å². The molecule has 248 valence electrons. The van der Waals surface area contributed by atoms with Crippen LogP contribution in [0.4, 0.5) is 17.1 Å². The molecule has 52 heavy (non-hydrogen) atoms. The van der Waals surface area contributed by atoms with E-state index in [9.17, 15) is 0 Å². The van der Waals surface area contributed by atoms with E-state index in [2.05, 4.69) is 217 Å². The van der Waals surface area contributed by atoms with E-state index in [4.69, 9.17) is 0 Å². The highest BCUT2D eigenvalue weighted by molar-refractivity contribution is 6.09. The van der Waals surface area contributed by atoms with Gasteiger partial charge in [0.05, 0.1) is 11.0 Å². The van der Waals surface area contributed by atoms with E-state index in [0.717, 1.165) is 17.1 Å². The van der Waals surface area contributed by atoms with Crippen LogP contribution >= 0.6 is 0 Å². The van der Waals surface area contributed by atoms with Gasteiger partial charge in [-0.2, -0.15) is 0 Å². The largest absolute Gasteiger partial charge is 0.311 e. The molecule has 2 heteroatoms. The van der Waals surface area contributed by atoms with E-state index in [-0.39, 0.29) is 0 Å². The van der Waals surface area contributed by atoms with Gasteiger partial charge in [-0.05, 0) is 119 Å². The van der Waals surface area contributed by atoms with Crippen LogP contribution in [0.3, 0.4) is 0 Å². The van der Waals surface area contributed by atoms with Gasteiger partial charge in [0, 0.05) is 33.5 Å². The SMILES string of the molecule is Cc1cc(-c2ccc(N(c3ccccc3)c3ccc(-c4ccccc4)cc3)cc2)cc(C)c1-c1ccc(-n2c3ccccc3c3ccccc32)cc1. The topological polar surface area (TPSA) is 8.17 Å². The Morgan fingerprint density at radius 3 is 1.29 bits per heavy atom. The summed E-state index contributed by atoms with van der Waals surface area (Å²) in [6, 6.07) is 70.0. The maximum atomic E-state index is 2.37. The van der Waals surface area contributed by atoms with Crippen LogP contribution in [-0.4, -0.2) is 4.57 Å². The molecule has 0 spiro atoms. The van der Waals surface area contributed by atoms with Gasteiger partial charge in [0.15, 0.2) is 0 Å². The number of benzene rings is 8. The molecule has 0 saturated carbocycles. The zero-order valence-corrected chi connectivity index (χ0v) is 29.4. The third-order valence-corrected chi connectivity index (χ3v) is 10.2. The van der Waals surface area contributed by atoms with Crippen LogP contribution in [0.5, 0.6) is 0 Å². The second kappa shape index (κ2) is 13.2. The molecule has 1 heterocycles. The van der Waals surface area contributed by atoms with E-state index in [1.165, 1.54) is 72.0 Å². The van der Waals surface area contributed by atoms with E-state index < -0.39 is 0 Å². The van der Waals surface area contributed by atoms with Gasteiger partial charge in [-0.1, -0.05) is 133 Å². The van der Waals surface area contributed by atoms with E-state index in [1.54, 1.807) is 0 Å². The van der Waals surface area contributed by atoms with E-state index in [0.29, 0.717) is 0 Å². The fourth-order valence-electron chi connectivity index (χ4n) is 7.82. The van der Waals surface area contributed by atoms with Crippen LogP contribution in [0.1, 0.15) is 11.1 Å². The van der Waals surface area contributed by atoms with Gasteiger partial charge in [-0.25, -0.2) is 0 Å². The number of anilines is 3. The normalized spacial score (nSPS) is 11.3. The lowest BCUT2D eigenvalue weighted by Gasteiger charge is -2.26. The summed E-state index contributed by atoms with van der Waals surface area (Å²) in [7, 11) is 0. The number of fused-ring (bicyclic) bond motifs is 3. The lowest BCUT2D eigenvalue weighted by atomic mass is 9.91. The molecule has 0 atom stereocenters. The maximum absolute atomic E-state index is 2.37. The van der Waals surface area contributed by atoms with Crippen molar-refractivity contribution in [3.63, 3.8) is 0 Å². The lowest BCUT2D eigenvalue weighted by molar-refractivity contribution is 1.18. The summed E-state index contributed by atoms with van der Waals surface area (Å²) < 4.78 is 2.37. The summed E-state index contributed by atoms with van der Waals surface area (Å²) in [6.45, 7) is 4.47. The second-order valence-corrected chi connectivity index (χ2v) is 13.5. The standard InChI is InChI=1S/C50H38N2/c1-35-33-41(34-36(2)50(35)40-25-31-45(32-26-40)52-48-19-11-9-17-46(48)47-18-10-12-20-49(47)52)39-23-29-44(30-24-39)51(42-15-7-4-8-16-42)43-27-21-38(22-28-43)37-13-5-3-6-14-37/h3-34H,1-2H3. The fraction of sp³-hybridized carbons (Fsp3) is 0.0400. The zero-order chi connectivity index (χ0) is 35.0. The van der Waals surface area contributed by atoms with Crippen molar-refractivity contribution < 1.29 is 0 Å². The molecule has 0 aliphatic carbocycles. The minimum atomic E-state index is 1.12. The van der Waals surface area contributed by atoms with Crippen molar-refractivity contribution in [2.45, 2.75) is 13.8 Å². The van der Waals surface area contributed by atoms with Gasteiger partial charge in [0.2, 0.25) is 0 Å². The minimum absolute atomic E-state index is 1.12. The molecule has 0 aliphatic rings. The average molecular weight is 667 g/mol. The molecule has 2 nitrogen and oxygen atoms in total. The summed E-state index contributed by atoms with van der Waals surface area (Å²) in [5.74, 6) is 0. The Morgan fingerprint density at radius 2 is 0.750 bits per heavy atom. The lowest BCUT2D eigenvalue weighted by Crippen LogP contribution is -2.09. The van der Waals surface area contributed by atoms with Gasteiger partial charge in [-0.3, -0.25) is 0 Å². The number of hydrogen-bond donors (Lipinski definition) is 0. The molecule has 9 rings (SSSR count). The van der Waals surface area contributed by atoms with Crippen molar-refractivity contribution in [2.24, 2.45) is 0 Å². The Hall–Kier alpha value is -6.64. The summed E-state index contributed by atoms with van der Waals surface area (Å²) in [6.07, 6.45) is 0. The molecular formula is C50H38N2. The van der Waals surface area contributed by atoms with Gasteiger partial charge in [0.25, 0.3) is 0 Å². The highest BCUT2D eigenvalue weighted by Crippen LogP contribution is 2.39. The Bertz CT molecular complexity index is 2570. The number of aryl methyl sites for hydroxylation is 2. The first-order valence-electron chi connectivity index (χ1n) is 17.9. The molecule has 0 fully saturated rings. The quantitative estimate of drug-likeness (QED) is 0.164. The summed E-state index contributed by atoms with van der Waals surface area (Å²) in [5, 5.41) is 2.56. The van der Waals surface area contributed by atoms with Gasteiger partial charge in [-0.15, -0.1) is 0 Å². The molecule has 0 amide bonds. The number of nitrogens with zero attached hydrogens (tertiary/aromatic N) is 2. The fourth-order valence-corrected chi connectivity index (χ4v) is 7.82. The van der Waals surface area contributed by atoms with Crippen LogP contribution in [0.25, 0.3) is 60.9 Å². The first-order valence-corrected chi connectivity index (χ1v) is 17.9. The zero-order valence-electron chi connectivity index (χ0n) is 29.4. The Kier molecular flexibility index (Phi) is 7.98. The van der Waals surface area contributed by atoms with Crippen LogP contribution in [0.15, 0.2) is 194 Å². The summed E-state index contributed by atoms with van der Waals surface area (Å²) in [5.41, 5.74) is 16.9. The third-order valence-electron chi connectivity index (χ3n) is 10.2. The molecule has 0 aliphatic heterocycles. The molecule has 0 saturated heterocycles. The highest BCUT2D eigenvalue weighted by Gasteiger charge is 2.15. The van der Waals surface area contributed by atoms with E-state index >= 15 is 0 Å². The predicted molar refractivity (Wildman–Crippen MR) is 221 cm³/mol. The number of rotatable bonds is 7. The van der Waals surface area contributed by atoms with Crippen molar-refractivity contribution in [2.75, 3.05) is 4.90 Å². The molecule has 0 radical (unpaired) electrons. The Labute approximate surface area is 305 Å². The van der Waals surface area contributed by atoms with Gasteiger partial charge in [0.1, 0.15) is 0 Å². The first kappa shape index (κ1) is 31.3. The summed E-state index contributed by atoms with van der Waals surface area (Å²) >= 11 is 0. The van der Waals surface area contributed by atoms with E-state index in [1.807, 2.05) is 0 Å². The van der Waals surface area contributed by atoms with Crippen molar-refractivity contribution in [3.05, 3.63) is 205 Å². The molecule has 0 bridgehead atoms. The Morgan fingerprint density at radius 1 is 0.346 bits per heavy atom. The maximum Gasteiger partial charge on any atom is 0.0541 e. The molecule has 0 N–H and O–H groups in total. The Balaban J connectivity index is 1.02. The molecule has 0 unspecified atom stereocenters. The predicted octanol–water partition coefficient (Wildman–Crippen LogP) is 13.9. The molecule has 9 aromatic rings. The molecule has 1 aromatic heterocycles. The van der Waals surface area contributed by atoms with Crippen molar-refractivity contribution >= 4 is 38.9 Å². The van der Waals surface area contributed by atoms with Crippen molar-refractivity contribution in [3.8, 4) is 39.1 Å².